The van der Waals surface area contributed by atoms with Gasteiger partial charge >= 0.3 is 11.9 Å². The Balaban J connectivity index is 2.14. The molecule has 0 radical (unpaired) electrons. The molecule has 5 atom stereocenters. The van der Waals surface area contributed by atoms with Crippen molar-refractivity contribution in [2.24, 2.45) is 11.5 Å². The van der Waals surface area contributed by atoms with Gasteiger partial charge in [-0.3, -0.25) is 19.2 Å². The average molecular weight is 549 g/mol. The Hall–Kier alpha value is -4.01. The minimum absolute atomic E-state index is 0.0503. The monoisotopic (exact) mass is 548 g/mol. The van der Waals surface area contributed by atoms with Gasteiger partial charge in [-0.15, -0.1) is 0 Å². The number of aromatic amines is 1. The number of fused-ring (bicyclic) bond motifs is 1. The molecule has 14 heteroatoms. The first-order valence-electron chi connectivity index (χ1n) is 12.5. The maximum absolute atomic E-state index is 13.0. The fourth-order valence-electron chi connectivity index (χ4n) is 3.97. The van der Waals surface area contributed by atoms with Crippen LogP contribution in [0.2, 0.25) is 0 Å². The second kappa shape index (κ2) is 14.8. The van der Waals surface area contributed by atoms with Gasteiger partial charge in [0.05, 0.1) is 18.6 Å². The number of carboxylic acids is 2. The standard InChI is InChI=1S/C25H36N6O8/c1-13(32)21(25(38)39)31-23(36)18(8-4-5-9-26)29-24(37)19(11-20(33)34)30-22(35)16(27)10-14-12-28-17-7-3-2-6-15(14)17/h2-3,6-7,12-13,16,18-19,21,28,32H,4-5,8-11,26-27H2,1H3,(H,29,37)(H,30,35)(H,31,36)(H,33,34)(H,38,39). The summed E-state index contributed by atoms with van der Waals surface area (Å²) >= 11 is 0. The molecule has 0 bridgehead atoms. The fourth-order valence-corrected chi connectivity index (χ4v) is 3.97. The topological polar surface area (TPSA) is 250 Å². The number of aliphatic hydroxyl groups is 1. The van der Waals surface area contributed by atoms with Gasteiger partial charge < -0.3 is 47.7 Å². The second-order valence-corrected chi connectivity index (χ2v) is 9.24. The van der Waals surface area contributed by atoms with Crippen LogP contribution in [0.4, 0.5) is 0 Å². The quantitative estimate of drug-likeness (QED) is 0.110. The number of aromatic nitrogens is 1. The van der Waals surface area contributed by atoms with Crippen LogP contribution < -0.4 is 27.4 Å². The van der Waals surface area contributed by atoms with Crippen LogP contribution in [-0.4, -0.2) is 86.8 Å². The Morgan fingerprint density at radius 1 is 0.949 bits per heavy atom. The van der Waals surface area contributed by atoms with E-state index < -0.39 is 66.4 Å². The minimum Gasteiger partial charge on any atom is -0.481 e. The predicted octanol–water partition coefficient (Wildman–Crippen LogP) is -1.44. The molecule has 0 saturated heterocycles. The van der Waals surface area contributed by atoms with E-state index >= 15 is 0 Å². The number of unbranched alkanes of at least 4 members (excludes halogenated alkanes) is 1. The van der Waals surface area contributed by atoms with Crippen molar-refractivity contribution in [3.05, 3.63) is 36.0 Å². The third-order valence-corrected chi connectivity index (χ3v) is 6.09. The SMILES string of the molecule is CC(O)C(NC(=O)C(CCCCN)NC(=O)C(CC(=O)O)NC(=O)C(N)Cc1c[nH]c2ccccc12)C(=O)O. The molecule has 2 rings (SSSR count). The van der Waals surface area contributed by atoms with Gasteiger partial charge in [0.2, 0.25) is 17.7 Å². The molecule has 214 valence electrons. The smallest absolute Gasteiger partial charge is 0.328 e. The van der Waals surface area contributed by atoms with E-state index in [1.807, 2.05) is 24.3 Å². The number of hydrogen-bond acceptors (Lipinski definition) is 8. The zero-order valence-electron chi connectivity index (χ0n) is 21.6. The number of benzene rings is 1. The summed E-state index contributed by atoms with van der Waals surface area (Å²) in [6.07, 6.45) is 0.529. The van der Waals surface area contributed by atoms with Crippen LogP contribution in [0.5, 0.6) is 0 Å². The van der Waals surface area contributed by atoms with Crippen molar-refractivity contribution in [2.45, 2.75) is 69.3 Å². The lowest BCUT2D eigenvalue weighted by Crippen LogP contribution is -2.58. The van der Waals surface area contributed by atoms with Gasteiger partial charge in [0.25, 0.3) is 0 Å². The molecule has 1 heterocycles. The van der Waals surface area contributed by atoms with Gasteiger partial charge in [-0.05, 0) is 50.8 Å². The van der Waals surface area contributed by atoms with Gasteiger partial charge in [-0.25, -0.2) is 4.79 Å². The highest BCUT2D eigenvalue weighted by molar-refractivity contribution is 5.96. The van der Waals surface area contributed by atoms with E-state index in [-0.39, 0.29) is 12.8 Å². The molecule has 0 saturated carbocycles. The molecule has 0 spiro atoms. The number of amides is 3. The Kier molecular flexibility index (Phi) is 11.8. The Morgan fingerprint density at radius 2 is 1.59 bits per heavy atom. The summed E-state index contributed by atoms with van der Waals surface area (Å²) in [5.74, 6) is -5.51. The van der Waals surface area contributed by atoms with Crippen molar-refractivity contribution in [3.63, 3.8) is 0 Å². The van der Waals surface area contributed by atoms with Crippen LogP contribution in [0.1, 0.15) is 38.2 Å². The average Bonchev–Trinajstić information content (AvgIpc) is 3.28. The van der Waals surface area contributed by atoms with Crippen molar-refractivity contribution in [2.75, 3.05) is 6.54 Å². The van der Waals surface area contributed by atoms with Gasteiger partial charge in [-0.2, -0.15) is 0 Å². The molecule has 0 aliphatic heterocycles. The predicted molar refractivity (Wildman–Crippen MR) is 140 cm³/mol. The van der Waals surface area contributed by atoms with E-state index in [9.17, 15) is 39.3 Å². The molecule has 3 amide bonds. The molecule has 2 aromatic rings. The minimum atomic E-state index is -1.64. The van der Waals surface area contributed by atoms with Crippen LogP contribution in [-0.2, 0) is 30.4 Å². The lowest BCUT2D eigenvalue weighted by atomic mass is 10.0. The number of hydrogen-bond donors (Lipinski definition) is 9. The number of H-pyrrole nitrogens is 1. The number of para-hydroxylation sites is 1. The van der Waals surface area contributed by atoms with Crippen LogP contribution in [0.25, 0.3) is 10.9 Å². The van der Waals surface area contributed by atoms with Crippen molar-refractivity contribution < 1.29 is 39.3 Å². The van der Waals surface area contributed by atoms with Crippen molar-refractivity contribution in [1.29, 1.82) is 0 Å². The largest absolute Gasteiger partial charge is 0.481 e. The highest BCUT2D eigenvalue weighted by Crippen LogP contribution is 2.18. The maximum atomic E-state index is 13.0. The number of aliphatic carboxylic acids is 2. The first-order valence-corrected chi connectivity index (χ1v) is 12.5. The van der Waals surface area contributed by atoms with Gasteiger partial charge in [0.1, 0.15) is 12.1 Å². The first kappa shape index (κ1) is 31.2. The van der Waals surface area contributed by atoms with Crippen LogP contribution >= 0.6 is 0 Å². The number of nitrogens with two attached hydrogens (primary N) is 2. The van der Waals surface area contributed by atoms with E-state index in [1.54, 1.807) is 6.20 Å². The number of aliphatic hydroxyl groups excluding tert-OH is 1. The molecule has 0 fully saturated rings. The van der Waals surface area contributed by atoms with Gasteiger partial charge in [0, 0.05) is 17.1 Å². The fraction of sp³-hybridized carbons (Fsp3) is 0.480. The first-order chi connectivity index (χ1) is 18.4. The molecule has 39 heavy (non-hydrogen) atoms. The van der Waals surface area contributed by atoms with E-state index in [4.69, 9.17) is 11.5 Å². The Morgan fingerprint density at radius 3 is 2.21 bits per heavy atom. The molecule has 14 nitrogen and oxygen atoms in total. The number of nitrogens with one attached hydrogen (secondary N) is 4. The van der Waals surface area contributed by atoms with Crippen molar-refractivity contribution >= 4 is 40.6 Å². The highest BCUT2D eigenvalue weighted by Gasteiger charge is 2.32. The Bertz CT molecular complexity index is 1170. The lowest BCUT2D eigenvalue weighted by Gasteiger charge is -2.25. The number of carbonyl (C=O) groups is 5. The van der Waals surface area contributed by atoms with E-state index in [2.05, 4.69) is 20.9 Å². The summed E-state index contributed by atoms with van der Waals surface area (Å²) in [5.41, 5.74) is 13.2. The zero-order chi connectivity index (χ0) is 29.1. The number of carboxylic acid groups (broad SMARTS) is 2. The molecule has 11 N–H and O–H groups in total. The van der Waals surface area contributed by atoms with E-state index in [0.717, 1.165) is 16.5 Å². The van der Waals surface area contributed by atoms with Crippen molar-refractivity contribution in [3.8, 4) is 0 Å². The molecular weight excluding hydrogens is 512 g/mol. The molecule has 1 aromatic heterocycles. The summed E-state index contributed by atoms with van der Waals surface area (Å²) in [7, 11) is 0. The maximum Gasteiger partial charge on any atom is 0.328 e. The van der Waals surface area contributed by atoms with Crippen LogP contribution in [0, 0.1) is 0 Å². The zero-order valence-corrected chi connectivity index (χ0v) is 21.6. The Labute approximate surface area is 224 Å². The number of carbonyl (C=O) groups excluding carboxylic acids is 3. The molecule has 1 aromatic carbocycles. The summed E-state index contributed by atoms with van der Waals surface area (Å²) in [6.45, 7) is 1.48. The summed E-state index contributed by atoms with van der Waals surface area (Å²) in [5, 5.41) is 36.0. The third kappa shape index (κ3) is 9.35. The highest BCUT2D eigenvalue weighted by atomic mass is 16.4. The molecule has 0 aliphatic rings. The molecule has 5 unspecified atom stereocenters. The summed E-state index contributed by atoms with van der Waals surface area (Å²) in [4.78, 5) is 64.5. The van der Waals surface area contributed by atoms with E-state index in [1.165, 1.54) is 6.92 Å². The van der Waals surface area contributed by atoms with Gasteiger partial charge in [0.15, 0.2) is 6.04 Å². The van der Waals surface area contributed by atoms with Crippen LogP contribution in [0.3, 0.4) is 0 Å². The summed E-state index contributed by atoms with van der Waals surface area (Å²) in [6, 6.07) is 1.80. The van der Waals surface area contributed by atoms with E-state index in [0.29, 0.717) is 19.4 Å². The molecule has 0 aliphatic carbocycles. The lowest BCUT2D eigenvalue weighted by molar-refractivity contribution is -0.145. The van der Waals surface area contributed by atoms with Gasteiger partial charge in [-0.1, -0.05) is 18.2 Å². The second-order valence-electron chi connectivity index (χ2n) is 9.24. The summed E-state index contributed by atoms with van der Waals surface area (Å²) < 4.78 is 0. The molecular formula is C25H36N6O8. The number of rotatable bonds is 16. The van der Waals surface area contributed by atoms with Crippen LogP contribution in [0.15, 0.2) is 30.5 Å². The van der Waals surface area contributed by atoms with Crippen molar-refractivity contribution in [1.82, 2.24) is 20.9 Å². The third-order valence-electron chi connectivity index (χ3n) is 6.09. The normalized spacial score (nSPS) is 15.0.